The summed E-state index contributed by atoms with van der Waals surface area (Å²) in [7, 11) is 0. The van der Waals surface area contributed by atoms with Gasteiger partial charge in [0.25, 0.3) is 0 Å². The molecule has 0 bridgehead atoms. The lowest BCUT2D eigenvalue weighted by Gasteiger charge is -2.11. The Bertz CT molecular complexity index is 475. The van der Waals surface area contributed by atoms with Gasteiger partial charge >= 0.3 is 0 Å². The zero-order valence-corrected chi connectivity index (χ0v) is 9.80. The highest BCUT2D eigenvalue weighted by atomic mass is 35.5. The van der Waals surface area contributed by atoms with Crippen LogP contribution in [-0.2, 0) is 6.42 Å². The van der Waals surface area contributed by atoms with Crippen molar-refractivity contribution in [2.24, 2.45) is 0 Å². The van der Waals surface area contributed by atoms with Gasteiger partial charge < -0.3 is 5.11 Å². The smallest absolute Gasteiger partial charge is 0.124 e. The Labute approximate surface area is 101 Å². The molecule has 2 rings (SSSR count). The SMILES string of the molecule is OC(Cc1cncs1)c1ccc(F)cc1Cl. The molecule has 0 amide bonds. The van der Waals surface area contributed by atoms with Crippen molar-refractivity contribution < 1.29 is 9.50 Å². The van der Waals surface area contributed by atoms with E-state index in [0.717, 1.165) is 4.88 Å². The van der Waals surface area contributed by atoms with Crippen LogP contribution in [0.15, 0.2) is 29.9 Å². The number of nitrogens with zero attached hydrogens (tertiary/aromatic N) is 1. The Morgan fingerprint density at radius 3 is 2.94 bits per heavy atom. The summed E-state index contributed by atoms with van der Waals surface area (Å²) < 4.78 is 12.8. The summed E-state index contributed by atoms with van der Waals surface area (Å²) in [5, 5.41) is 10.2. The highest BCUT2D eigenvalue weighted by Crippen LogP contribution is 2.27. The van der Waals surface area contributed by atoms with E-state index in [1.165, 1.54) is 29.5 Å². The largest absolute Gasteiger partial charge is 0.388 e. The third-order valence-electron chi connectivity index (χ3n) is 2.20. The number of hydrogen-bond donors (Lipinski definition) is 1. The number of thiazole rings is 1. The summed E-state index contributed by atoms with van der Waals surface area (Å²) in [6.45, 7) is 0. The summed E-state index contributed by atoms with van der Waals surface area (Å²) in [6.07, 6.45) is 1.41. The standard InChI is InChI=1S/C11H9ClFNOS/c12-10-3-7(13)1-2-9(10)11(15)4-8-5-14-6-16-8/h1-3,5-6,11,15H,4H2. The molecule has 16 heavy (non-hydrogen) atoms. The van der Waals surface area contributed by atoms with Crippen LogP contribution < -0.4 is 0 Å². The molecule has 0 aliphatic rings. The predicted octanol–water partition coefficient (Wildman–Crippen LogP) is 3.21. The summed E-state index contributed by atoms with van der Waals surface area (Å²) in [5.74, 6) is -0.404. The molecule has 1 unspecified atom stereocenters. The highest BCUT2D eigenvalue weighted by Gasteiger charge is 2.13. The molecule has 1 heterocycles. The molecule has 0 spiro atoms. The van der Waals surface area contributed by atoms with Crippen LogP contribution in [0.5, 0.6) is 0 Å². The topological polar surface area (TPSA) is 33.1 Å². The fourth-order valence-corrected chi connectivity index (χ4v) is 2.34. The van der Waals surface area contributed by atoms with Crippen molar-refractivity contribution in [3.05, 3.63) is 51.2 Å². The maximum absolute atomic E-state index is 12.8. The number of halogens is 2. The Hall–Kier alpha value is -0.970. The summed E-state index contributed by atoms with van der Waals surface area (Å²) >= 11 is 7.32. The Balaban J connectivity index is 2.17. The molecule has 0 saturated carbocycles. The van der Waals surface area contributed by atoms with E-state index < -0.39 is 11.9 Å². The molecule has 2 nitrogen and oxygen atoms in total. The minimum absolute atomic E-state index is 0.247. The molecule has 1 aromatic carbocycles. The van der Waals surface area contributed by atoms with E-state index in [-0.39, 0.29) is 5.02 Å². The lowest BCUT2D eigenvalue weighted by molar-refractivity contribution is 0.179. The van der Waals surface area contributed by atoms with Crippen LogP contribution in [0.25, 0.3) is 0 Å². The second-order valence-corrected chi connectivity index (χ2v) is 4.73. The first-order valence-corrected chi connectivity index (χ1v) is 5.93. The molecule has 0 aliphatic carbocycles. The van der Waals surface area contributed by atoms with Gasteiger partial charge in [0.15, 0.2) is 0 Å². The second kappa shape index (κ2) is 4.91. The fourth-order valence-electron chi connectivity index (χ4n) is 1.42. The van der Waals surface area contributed by atoms with Crippen molar-refractivity contribution in [2.75, 3.05) is 0 Å². The van der Waals surface area contributed by atoms with Gasteiger partial charge in [-0.3, -0.25) is 4.98 Å². The van der Waals surface area contributed by atoms with E-state index in [0.29, 0.717) is 12.0 Å². The van der Waals surface area contributed by atoms with E-state index in [4.69, 9.17) is 11.6 Å². The van der Waals surface area contributed by atoms with Crippen molar-refractivity contribution in [1.29, 1.82) is 0 Å². The van der Waals surface area contributed by atoms with Gasteiger partial charge in [-0.2, -0.15) is 0 Å². The molecule has 84 valence electrons. The van der Waals surface area contributed by atoms with Gasteiger partial charge in [-0.15, -0.1) is 11.3 Å². The van der Waals surface area contributed by atoms with Gasteiger partial charge in [0, 0.05) is 22.5 Å². The number of aromatic nitrogens is 1. The first kappa shape index (κ1) is 11.5. The molecule has 0 aliphatic heterocycles. The van der Waals surface area contributed by atoms with Crippen LogP contribution in [-0.4, -0.2) is 10.1 Å². The van der Waals surface area contributed by atoms with Gasteiger partial charge in [0.2, 0.25) is 0 Å². The summed E-state index contributed by atoms with van der Waals surface area (Å²) in [6, 6.07) is 3.99. The van der Waals surface area contributed by atoms with Crippen LogP contribution >= 0.6 is 22.9 Å². The molecular weight excluding hydrogens is 249 g/mol. The van der Waals surface area contributed by atoms with Crippen LogP contribution in [0.2, 0.25) is 5.02 Å². The second-order valence-electron chi connectivity index (χ2n) is 3.35. The lowest BCUT2D eigenvalue weighted by atomic mass is 10.1. The van der Waals surface area contributed by atoms with Gasteiger partial charge in [-0.05, 0) is 17.7 Å². The van der Waals surface area contributed by atoms with Gasteiger partial charge in [0.05, 0.1) is 11.6 Å². The van der Waals surface area contributed by atoms with E-state index in [2.05, 4.69) is 4.98 Å². The zero-order valence-electron chi connectivity index (χ0n) is 8.23. The van der Waals surface area contributed by atoms with Crippen molar-refractivity contribution in [1.82, 2.24) is 4.98 Å². The number of rotatable bonds is 3. The molecule has 1 N–H and O–H groups in total. The Morgan fingerprint density at radius 1 is 1.50 bits per heavy atom. The lowest BCUT2D eigenvalue weighted by Crippen LogP contribution is -2.01. The molecule has 0 saturated heterocycles. The Kier molecular flexibility index (Phi) is 3.53. The molecule has 5 heteroatoms. The fraction of sp³-hybridized carbons (Fsp3) is 0.182. The summed E-state index contributed by atoms with van der Waals surface area (Å²) in [4.78, 5) is 4.89. The summed E-state index contributed by atoms with van der Waals surface area (Å²) in [5.41, 5.74) is 2.24. The van der Waals surface area contributed by atoms with Gasteiger partial charge in [-0.25, -0.2) is 4.39 Å². The van der Waals surface area contributed by atoms with Crippen LogP contribution in [0.4, 0.5) is 4.39 Å². The van der Waals surface area contributed by atoms with E-state index in [1.807, 2.05) is 0 Å². The molecule has 0 fully saturated rings. The minimum atomic E-state index is -0.728. The normalized spacial score (nSPS) is 12.7. The van der Waals surface area contributed by atoms with Crippen LogP contribution in [0.3, 0.4) is 0 Å². The Morgan fingerprint density at radius 2 is 2.31 bits per heavy atom. The van der Waals surface area contributed by atoms with Crippen molar-refractivity contribution in [3.63, 3.8) is 0 Å². The minimum Gasteiger partial charge on any atom is -0.388 e. The predicted molar refractivity (Wildman–Crippen MR) is 62.2 cm³/mol. The van der Waals surface area contributed by atoms with E-state index in [1.54, 1.807) is 11.7 Å². The van der Waals surface area contributed by atoms with Crippen molar-refractivity contribution in [2.45, 2.75) is 12.5 Å². The maximum Gasteiger partial charge on any atom is 0.124 e. The third kappa shape index (κ3) is 2.58. The van der Waals surface area contributed by atoms with Crippen LogP contribution in [0.1, 0.15) is 16.5 Å². The van der Waals surface area contributed by atoms with Crippen molar-refractivity contribution in [3.8, 4) is 0 Å². The monoisotopic (exact) mass is 257 g/mol. The molecule has 0 radical (unpaired) electrons. The van der Waals surface area contributed by atoms with E-state index >= 15 is 0 Å². The van der Waals surface area contributed by atoms with Crippen LogP contribution in [0, 0.1) is 5.82 Å². The number of aliphatic hydroxyl groups excluding tert-OH is 1. The average molecular weight is 258 g/mol. The van der Waals surface area contributed by atoms with E-state index in [9.17, 15) is 9.50 Å². The number of aliphatic hydroxyl groups is 1. The highest BCUT2D eigenvalue weighted by molar-refractivity contribution is 7.09. The average Bonchev–Trinajstić information content (AvgIpc) is 2.70. The first-order valence-electron chi connectivity index (χ1n) is 4.67. The molecular formula is C11H9ClFNOS. The maximum atomic E-state index is 12.8. The van der Waals surface area contributed by atoms with Gasteiger partial charge in [-0.1, -0.05) is 17.7 Å². The number of hydrogen-bond acceptors (Lipinski definition) is 3. The quantitative estimate of drug-likeness (QED) is 0.916. The molecule has 2 aromatic rings. The number of benzene rings is 1. The van der Waals surface area contributed by atoms with Gasteiger partial charge in [0.1, 0.15) is 5.82 Å². The molecule has 1 aromatic heterocycles. The molecule has 1 atom stereocenters. The van der Waals surface area contributed by atoms with Crippen molar-refractivity contribution >= 4 is 22.9 Å². The zero-order chi connectivity index (χ0) is 11.5. The third-order valence-corrected chi connectivity index (χ3v) is 3.33. The first-order chi connectivity index (χ1) is 7.66.